The van der Waals surface area contributed by atoms with Crippen LogP contribution in [-0.4, -0.2) is 39.3 Å². The molecule has 12 nitrogen and oxygen atoms in total. The van der Waals surface area contributed by atoms with E-state index in [1.807, 2.05) is 53.7 Å². The molecule has 12 heteroatoms. The third kappa shape index (κ3) is 8.93. The molecule has 0 saturated heterocycles. The van der Waals surface area contributed by atoms with Gasteiger partial charge in [0.05, 0.1) is 77.1 Å². The van der Waals surface area contributed by atoms with Crippen molar-refractivity contribution in [2.24, 2.45) is 0 Å². The molecule has 12 aromatic carbocycles. The van der Waals surface area contributed by atoms with Crippen molar-refractivity contribution in [1.29, 1.82) is 0 Å². The fourth-order valence-electron chi connectivity index (χ4n) is 16.0. The lowest BCUT2D eigenvalue weighted by atomic mass is 9.79. The van der Waals surface area contributed by atoms with Gasteiger partial charge in [0, 0.05) is 43.1 Å². The summed E-state index contributed by atoms with van der Waals surface area (Å²) in [6, 6.07) is 35.9. The summed E-state index contributed by atoms with van der Waals surface area (Å²) in [5, 5.41) is 33.0. The van der Waals surface area contributed by atoms with Gasteiger partial charge in [-0.25, -0.2) is 29.1 Å². The van der Waals surface area contributed by atoms with Gasteiger partial charge < -0.3 is 10.2 Å². The maximum absolute atomic E-state index is 15.8. The summed E-state index contributed by atoms with van der Waals surface area (Å²) in [5.74, 6) is -0.128. The van der Waals surface area contributed by atoms with E-state index in [-0.39, 0.29) is 56.6 Å². The zero-order valence-electron chi connectivity index (χ0n) is 58.2. The molecule has 0 bridgehead atoms. The van der Waals surface area contributed by atoms with Crippen LogP contribution in [0.5, 0.6) is 11.5 Å². The van der Waals surface area contributed by atoms with E-state index in [0.717, 1.165) is 137 Å². The molecule has 0 fully saturated rings. The Balaban J connectivity index is 0.870. The second-order valence-electron chi connectivity index (χ2n) is 31.8. The highest BCUT2D eigenvalue weighted by Gasteiger charge is 2.33. The molecule has 16 aromatic rings. The molecule has 16 rings (SSSR count). The third-order valence-electron chi connectivity index (χ3n) is 21.2. The van der Waals surface area contributed by atoms with E-state index in [1.54, 1.807) is 24.3 Å². The van der Waals surface area contributed by atoms with Crippen molar-refractivity contribution in [3.63, 3.8) is 0 Å². The third-order valence-corrected chi connectivity index (χ3v) is 21.2. The van der Waals surface area contributed by atoms with Crippen LogP contribution >= 0.6 is 0 Å². The van der Waals surface area contributed by atoms with E-state index < -0.39 is 11.1 Å². The van der Waals surface area contributed by atoms with E-state index in [2.05, 4.69) is 143 Å². The predicted molar refractivity (Wildman–Crippen MR) is 401 cm³/mol. The summed E-state index contributed by atoms with van der Waals surface area (Å²) in [7, 11) is 0. The van der Waals surface area contributed by atoms with Crippen molar-refractivity contribution in [2.75, 3.05) is 0 Å². The lowest BCUT2D eigenvalue weighted by Gasteiger charge is -2.25. The summed E-state index contributed by atoms with van der Waals surface area (Å²) in [6.45, 7) is 35.8. The Hall–Kier alpha value is -10.2. The minimum absolute atomic E-state index is 0.0695. The van der Waals surface area contributed by atoms with Gasteiger partial charge in [0.1, 0.15) is 11.5 Å². The van der Waals surface area contributed by atoms with Crippen LogP contribution in [0.3, 0.4) is 0 Å². The Labute approximate surface area is 560 Å². The van der Waals surface area contributed by atoms with Gasteiger partial charge in [0.2, 0.25) is 0 Å². The summed E-state index contributed by atoms with van der Waals surface area (Å²) >= 11 is 0. The minimum Gasteiger partial charge on any atom is -0.508 e. The first kappa shape index (κ1) is 61.7. The zero-order valence-corrected chi connectivity index (χ0v) is 58.2. The molecule has 0 spiro atoms. The summed E-state index contributed by atoms with van der Waals surface area (Å²) in [6.07, 6.45) is 1.40. The van der Waals surface area contributed by atoms with Crippen LogP contribution in [0.1, 0.15) is 177 Å². The second-order valence-corrected chi connectivity index (χ2v) is 31.8. The number of benzene rings is 12. The van der Waals surface area contributed by atoms with Gasteiger partial charge in [-0.3, -0.25) is 19.2 Å². The molecule has 0 saturated carbocycles. The van der Waals surface area contributed by atoms with E-state index in [0.29, 0.717) is 73.0 Å². The topological polar surface area (TPSA) is 170 Å². The molecule has 97 heavy (non-hydrogen) atoms. The predicted octanol–water partition coefficient (Wildman–Crippen LogP) is 19.0. The number of hydrogen-bond acceptors (Lipinski definition) is 10. The van der Waals surface area contributed by atoms with E-state index >= 15 is 19.2 Å². The van der Waals surface area contributed by atoms with Crippen molar-refractivity contribution in [1.82, 2.24) is 29.1 Å². The number of aromatic nitrogens is 6. The van der Waals surface area contributed by atoms with Gasteiger partial charge in [0.25, 0.3) is 22.2 Å². The first-order chi connectivity index (χ1) is 45.8. The second kappa shape index (κ2) is 20.7. The van der Waals surface area contributed by atoms with Crippen molar-refractivity contribution in [2.45, 2.75) is 165 Å². The average Bonchev–Trinajstić information content (AvgIpc) is 1.67. The molecular formula is C85H78N6O6. The highest BCUT2D eigenvalue weighted by atomic mass is 16.3. The van der Waals surface area contributed by atoms with Crippen LogP contribution in [0.25, 0.3) is 142 Å². The molecule has 484 valence electrons. The molecule has 0 aliphatic heterocycles. The lowest BCUT2D eigenvalue weighted by Crippen LogP contribution is -2.26. The summed E-state index contributed by atoms with van der Waals surface area (Å²) in [4.78, 5) is 84.2. The number of phenolic OH excluding ortho intramolecular Hbond substituents is 2. The standard InChI is InChI=1S/C85H78N6O6/c1-38(2)52-35-48(92)23-24-65(52)90-79(94)70-50-19-18-20-51-66(50)67-55(71(70)80(90)95)29-45(83(9,10)11)32-58(67)75-74(51)88-63-27-43(41(7)25-61(63)86-75)21-22-44-28-64-62(26-42(44)8)87-76-59-33-46(84(12,13)14)30-56-68(59)69-57(31-47(85(15,16)17)34-60(69)77(76)89-64)73-72(56)81(96)91(82(73)97)78-53(39(3)4)36-49(93)37-54(78)40(5)6/h18-20,23-40,92-93H,21-22H2,1-17H3. The fraction of sp³-hybridized carbons (Fsp3) is 0.294. The van der Waals surface area contributed by atoms with E-state index in [1.165, 1.54) is 15.2 Å². The molecule has 4 heterocycles. The van der Waals surface area contributed by atoms with Crippen LogP contribution in [0.15, 0.2) is 128 Å². The SMILES string of the molecule is Cc1cc2nc3c4cc(C(C)(C)C)cc5c6c(=O)n(-c7ccc(O)cc7C(C)C)c(=O)c6c6cccc(c3nc2cc1CCc1cc2nc3c7cc(C(C)(C)C)cc8c9c(=O)n(-c%10c(C(C)C)cc(O)cc%10C(C)C)c(=O)c9c9cc(C(C)(C)C)cc(c3nc2cc1C)c9c78)c6c45. The van der Waals surface area contributed by atoms with Gasteiger partial charge in [-0.1, -0.05) is 122 Å². The Morgan fingerprint density at radius 2 is 0.691 bits per heavy atom. The highest BCUT2D eigenvalue weighted by Crippen LogP contribution is 2.49. The molecule has 0 radical (unpaired) electrons. The number of hydrogen-bond donors (Lipinski definition) is 2. The highest BCUT2D eigenvalue weighted by molar-refractivity contribution is 6.41. The average molecular weight is 1280 g/mol. The maximum atomic E-state index is 15.8. The van der Waals surface area contributed by atoms with Crippen LogP contribution in [0.2, 0.25) is 0 Å². The number of phenols is 2. The van der Waals surface area contributed by atoms with Gasteiger partial charge in [-0.05, 0) is 229 Å². The number of nitrogens with zero attached hydrogens (tertiary/aromatic N) is 6. The zero-order chi connectivity index (χ0) is 68.6. The van der Waals surface area contributed by atoms with Gasteiger partial charge in [-0.15, -0.1) is 0 Å². The summed E-state index contributed by atoms with van der Waals surface area (Å²) < 4.78 is 2.71. The first-order valence-corrected chi connectivity index (χ1v) is 34.1. The number of fused-ring (bicyclic) bond motifs is 14. The Morgan fingerprint density at radius 1 is 0.361 bits per heavy atom. The normalized spacial score (nSPS) is 13.2. The van der Waals surface area contributed by atoms with Crippen molar-refractivity contribution >= 4 is 130 Å². The van der Waals surface area contributed by atoms with E-state index in [9.17, 15) is 10.2 Å². The van der Waals surface area contributed by atoms with Crippen LogP contribution in [-0.2, 0) is 29.1 Å². The van der Waals surface area contributed by atoms with Crippen LogP contribution in [0, 0.1) is 13.8 Å². The number of aryl methyl sites for hydroxylation is 4. The minimum atomic E-state index is -0.398. The maximum Gasteiger partial charge on any atom is 0.266 e. The van der Waals surface area contributed by atoms with Crippen molar-refractivity contribution < 1.29 is 10.2 Å². The molecule has 0 amide bonds. The quantitative estimate of drug-likeness (QED) is 0.110. The molecule has 0 aliphatic carbocycles. The van der Waals surface area contributed by atoms with Crippen molar-refractivity contribution in [3.05, 3.63) is 206 Å². The lowest BCUT2D eigenvalue weighted by molar-refractivity contribution is 0.472. The summed E-state index contributed by atoms with van der Waals surface area (Å²) in [5.41, 5.74) is 13.9. The molecule has 0 aliphatic rings. The van der Waals surface area contributed by atoms with Gasteiger partial charge in [0.15, 0.2) is 0 Å². The smallest absolute Gasteiger partial charge is 0.266 e. The molecule has 0 atom stereocenters. The first-order valence-electron chi connectivity index (χ1n) is 34.1. The van der Waals surface area contributed by atoms with E-state index in [4.69, 9.17) is 19.9 Å². The van der Waals surface area contributed by atoms with Gasteiger partial charge in [-0.2, -0.15) is 0 Å². The number of aromatic hydroxyl groups is 2. The van der Waals surface area contributed by atoms with Gasteiger partial charge >= 0.3 is 0 Å². The largest absolute Gasteiger partial charge is 0.508 e. The van der Waals surface area contributed by atoms with Crippen LogP contribution < -0.4 is 22.2 Å². The Bertz CT molecular complexity index is 6400. The number of rotatable bonds is 8. The van der Waals surface area contributed by atoms with Crippen LogP contribution in [0.4, 0.5) is 0 Å². The fourth-order valence-corrected chi connectivity index (χ4v) is 16.0. The van der Waals surface area contributed by atoms with Crippen molar-refractivity contribution in [3.8, 4) is 22.9 Å². The monoisotopic (exact) mass is 1280 g/mol. The Morgan fingerprint density at radius 3 is 1.08 bits per heavy atom. The molecule has 4 aromatic heterocycles. The Kier molecular flexibility index (Phi) is 13.1. The molecule has 0 unspecified atom stereocenters. The molecular weight excluding hydrogens is 1200 g/mol. The molecule has 2 N–H and O–H groups in total.